The zero-order chi connectivity index (χ0) is 22.8. The lowest BCUT2D eigenvalue weighted by molar-refractivity contribution is -0.112. The van der Waals surface area contributed by atoms with Crippen LogP contribution in [0.1, 0.15) is 6.92 Å². The molecule has 0 aliphatic carbocycles. The Balaban J connectivity index is 1.78. The van der Waals surface area contributed by atoms with Gasteiger partial charge in [-0.05, 0) is 41.7 Å². The number of fused-ring (bicyclic) bond motifs is 1. The van der Waals surface area contributed by atoms with Crippen LogP contribution in [0.3, 0.4) is 0 Å². The summed E-state index contributed by atoms with van der Waals surface area (Å²) in [5.74, 6) is -1.75. The number of aromatic nitrogens is 2. The van der Waals surface area contributed by atoms with Crippen molar-refractivity contribution < 1.29 is 18.3 Å². The van der Waals surface area contributed by atoms with E-state index in [4.69, 9.17) is 4.74 Å². The number of anilines is 1. The van der Waals surface area contributed by atoms with E-state index in [0.29, 0.717) is 27.9 Å². The number of hydrogen-bond acceptors (Lipinski definition) is 3. The molecule has 2 N–H and O–H groups in total. The number of ether oxygens (including phenoxy) is 1. The highest BCUT2D eigenvalue weighted by Gasteiger charge is 2.18. The predicted octanol–water partition coefficient (Wildman–Crippen LogP) is 6.42. The molecule has 0 bridgehead atoms. The number of carbonyl (C=O) groups is 1. The maximum atomic E-state index is 14.2. The average Bonchev–Trinajstić information content (AvgIpc) is 3.21. The Kier molecular flexibility index (Phi) is 6.05. The molecule has 0 atom stereocenters. The first-order chi connectivity index (χ1) is 15.4. The van der Waals surface area contributed by atoms with Gasteiger partial charge >= 0.3 is 0 Å². The minimum atomic E-state index is -0.780. The van der Waals surface area contributed by atoms with E-state index in [-0.39, 0.29) is 17.2 Å². The van der Waals surface area contributed by atoms with Crippen LogP contribution in [0.4, 0.5) is 14.5 Å². The molecule has 0 saturated carbocycles. The van der Waals surface area contributed by atoms with Gasteiger partial charge in [-0.2, -0.15) is 0 Å². The van der Waals surface area contributed by atoms with Gasteiger partial charge in [0.1, 0.15) is 11.5 Å². The first-order valence-electron chi connectivity index (χ1n) is 9.60. The van der Waals surface area contributed by atoms with E-state index >= 15 is 0 Å². The molecule has 0 radical (unpaired) electrons. The van der Waals surface area contributed by atoms with E-state index in [1.165, 1.54) is 13.2 Å². The monoisotopic (exact) mass is 497 g/mol. The Bertz CT molecular complexity index is 1360. The normalized spacial score (nSPS) is 11.6. The van der Waals surface area contributed by atoms with Crippen molar-refractivity contribution in [3.05, 3.63) is 77.1 Å². The van der Waals surface area contributed by atoms with Gasteiger partial charge in [0.05, 0.1) is 7.11 Å². The van der Waals surface area contributed by atoms with Crippen molar-refractivity contribution in [1.82, 2.24) is 9.97 Å². The number of amides is 1. The van der Waals surface area contributed by atoms with E-state index in [0.717, 1.165) is 17.2 Å². The Morgan fingerprint density at radius 1 is 1.16 bits per heavy atom. The van der Waals surface area contributed by atoms with Crippen molar-refractivity contribution in [3.8, 4) is 28.0 Å². The van der Waals surface area contributed by atoms with Gasteiger partial charge in [-0.15, -0.1) is 0 Å². The van der Waals surface area contributed by atoms with Crippen LogP contribution in [0.2, 0.25) is 0 Å². The van der Waals surface area contributed by atoms with E-state index in [1.807, 2.05) is 24.3 Å². The molecule has 32 heavy (non-hydrogen) atoms. The fourth-order valence-electron chi connectivity index (χ4n) is 3.41. The van der Waals surface area contributed by atoms with E-state index in [1.54, 1.807) is 30.4 Å². The van der Waals surface area contributed by atoms with E-state index in [2.05, 4.69) is 31.2 Å². The number of pyridine rings is 1. The fraction of sp³-hybridized carbons (Fsp3) is 0.0833. The Labute approximate surface area is 191 Å². The maximum absolute atomic E-state index is 14.2. The van der Waals surface area contributed by atoms with Gasteiger partial charge in [0.15, 0.2) is 11.6 Å². The number of aromatic amines is 1. The first-order valence-corrected chi connectivity index (χ1v) is 10.5. The van der Waals surface area contributed by atoms with Gasteiger partial charge in [-0.1, -0.05) is 28.1 Å². The second kappa shape index (κ2) is 8.92. The molecule has 162 valence electrons. The number of nitrogens with one attached hydrogen (secondary N) is 2. The van der Waals surface area contributed by atoms with Crippen molar-refractivity contribution >= 4 is 38.6 Å². The summed E-state index contributed by atoms with van der Waals surface area (Å²) < 4.78 is 33.4. The molecule has 0 saturated heterocycles. The van der Waals surface area contributed by atoms with Crippen molar-refractivity contribution in [2.75, 3.05) is 12.4 Å². The van der Waals surface area contributed by atoms with Crippen LogP contribution in [0.25, 0.3) is 33.3 Å². The third-order valence-corrected chi connectivity index (χ3v) is 5.70. The third-order valence-electron chi connectivity index (χ3n) is 5.01. The minimum absolute atomic E-state index is 0.0439. The number of rotatable bonds is 5. The number of halogens is 3. The molecule has 2 aromatic heterocycles. The Hall–Kier alpha value is -3.52. The third kappa shape index (κ3) is 4.13. The van der Waals surface area contributed by atoms with Gasteiger partial charge in [0, 0.05) is 51.8 Å². The number of nitrogens with zero attached hydrogens (tertiary/aromatic N) is 1. The summed E-state index contributed by atoms with van der Waals surface area (Å²) in [6.07, 6.45) is 3.33. The van der Waals surface area contributed by atoms with Gasteiger partial charge in [-0.3, -0.25) is 4.79 Å². The molecule has 0 fully saturated rings. The molecule has 5 nitrogen and oxygen atoms in total. The Morgan fingerprint density at radius 3 is 2.72 bits per heavy atom. The second-order valence-electron chi connectivity index (χ2n) is 7.12. The van der Waals surface area contributed by atoms with E-state index in [9.17, 15) is 13.6 Å². The maximum Gasteiger partial charge on any atom is 0.251 e. The molecule has 0 spiro atoms. The standard InChI is InChI=1S/C24H18BrF2N3O2/c1-13(10-25)24(31)30-17-5-3-4-14(6-17)15-7-19-20(12-29-23(19)28-11-15)18-8-16(26)9-21(27)22(18)32-2/h3-12H,1-2H3,(H,28,29)(H,30,31)/b13-10+. The number of H-pyrrole nitrogens is 1. The van der Waals surface area contributed by atoms with Crippen molar-refractivity contribution in [3.63, 3.8) is 0 Å². The second-order valence-corrected chi connectivity index (χ2v) is 7.58. The fourth-order valence-corrected chi connectivity index (χ4v) is 3.62. The zero-order valence-electron chi connectivity index (χ0n) is 17.2. The molecule has 2 heterocycles. The van der Waals surface area contributed by atoms with Crippen molar-refractivity contribution in [1.29, 1.82) is 0 Å². The SMILES string of the molecule is COc1c(F)cc(F)cc1-c1c[nH]c2ncc(-c3cccc(NC(=O)/C(C)=C/Br)c3)cc12. The molecule has 2 aromatic carbocycles. The highest BCUT2D eigenvalue weighted by Crippen LogP contribution is 2.38. The highest BCUT2D eigenvalue weighted by molar-refractivity contribution is 9.11. The van der Waals surface area contributed by atoms with Gasteiger partial charge in [0.2, 0.25) is 0 Å². The molecule has 0 aliphatic heterocycles. The first kappa shape index (κ1) is 21.7. The average molecular weight is 498 g/mol. The summed E-state index contributed by atoms with van der Waals surface area (Å²) in [6, 6.07) is 11.2. The van der Waals surface area contributed by atoms with Crippen LogP contribution in [-0.2, 0) is 4.79 Å². The van der Waals surface area contributed by atoms with Gasteiger partial charge in [-0.25, -0.2) is 13.8 Å². The quantitative estimate of drug-likeness (QED) is 0.312. The number of benzene rings is 2. The summed E-state index contributed by atoms with van der Waals surface area (Å²) in [4.78, 5) is 21.2. The van der Waals surface area contributed by atoms with Crippen LogP contribution in [0.15, 0.2) is 65.4 Å². The molecule has 1 amide bonds. The summed E-state index contributed by atoms with van der Waals surface area (Å²) in [7, 11) is 1.34. The largest absolute Gasteiger partial charge is 0.493 e. The summed E-state index contributed by atoms with van der Waals surface area (Å²) in [5.41, 5.74) is 4.18. The number of hydrogen-bond donors (Lipinski definition) is 2. The molecular weight excluding hydrogens is 480 g/mol. The Morgan fingerprint density at radius 2 is 1.97 bits per heavy atom. The molecule has 0 aliphatic rings. The van der Waals surface area contributed by atoms with Crippen molar-refractivity contribution in [2.45, 2.75) is 6.92 Å². The molecule has 4 rings (SSSR count). The predicted molar refractivity (Wildman–Crippen MR) is 125 cm³/mol. The number of methoxy groups -OCH3 is 1. The lowest BCUT2D eigenvalue weighted by Gasteiger charge is -2.10. The topological polar surface area (TPSA) is 67.0 Å². The number of carbonyl (C=O) groups excluding carboxylic acids is 1. The van der Waals surface area contributed by atoms with E-state index < -0.39 is 11.6 Å². The summed E-state index contributed by atoms with van der Waals surface area (Å²) in [5, 5.41) is 3.52. The smallest absolute Gasteiger partial charge is 0.251 e. The molecule has 4 aromatic rings. The molecule has 0 unspecified atom stereocenters. The van der Waals surface area contributed by atoms with Gasteiger partial charge < -0.3 is 15.0 Å². The lowest BCUT2D eigenvalue weighted by Crippen LogP contribution is -2.12. The molecule has 8 heteroatoms. The zero-order valence-corrected chi connectivity index (χ0v) is 18.8. The van der Waals surface area contributed by atoms with Crippen LogP contribution in [0.5, 0.6) is 5.75 Å². The van der Waals surface area contributed by atoms with Crippen LogP contribution in [-0.4, -0.2) is 23.0 Å². The van der Waals surface area contributed by atoms with Crippen LogP contribution in [0, 0.1) is 11.6 Å². The van der Waals surface area contributed by atoms with Crippen LogP contribution >= 0.6 is 15.9 Å². The molecular formula is C24H18BrF2N3O2. The highest BCUT2D eigenvalue weighted by atomic mass is 79.9. The summed E-state index contributed by atoms with van der Waals surface area (Å²) >= 11 is 3.15. The van der Waals surface area contributed by atoms with Crippen LogP contribution < -0.4 is 10.1 Å². The van der Waals surface area contributed by atoms with Gasteiger partial charge in [0.25, 0.3) is 5.91 Å². The summed E-state index contributed by atoms with van der Waals surface area (Å²) in [6.45, 7) is 1.70. The van der Waals surface area contributed by atoms with Crippen molar-refractivity contribution in [2.24, 2.45) is 0 Å². The minimum Gasteiger partial charge on any atom is -0.493 e. The lowest BCUT2D eigenvalue weighted by atomic mass is 10.0.